The van der Waals surface area contributed by atoms with Crippen LogP contribution in [0.4, 0.5) is 0 Å². The Hall–Kier alpha value is -0.730. The van der Waals surface area contributed by atoms with Gasteiger partial charge in [0.05, 0.1) is 11.6 Å². The molecule has 0 atom stereocenters. The van der Waals surface area contributed by atoms with E-state index in [1.54, 1.807) is 0 Å². The zero-order valence-electron chi connectivity index (χ0n) is 7.20. The average molecular weight is 217 g/mol. The Morgan fingerprint density at radius 2 is 2.23 bits per heavy atom. The summed E-state index contributed by atoms with van der Waals surface area (Å²) in [6.45, 7) is 2.03. The van der Waals surface area contributed by atoms with Gasteiger partial charge in [-0.3, -0.25) is 0 Å². The number of rotatable bonds is 1. The molecule has 0 radical (unpaired) electrons. The van der Waals surface area contributed by atoms with Crippen LogP contribution in [0.2, 0.25) is 0 Å². The molecule has 0 aromatic carbocycles. The summed E-state index contributed by atoms with van der Waals surface area (Å²) in [4.78, 5) is 4.36. The van der Waals surface area contributed by atoms with E-state index in [1.165, 1.54) is 0 Å². The third-order valence-electron chi connectivity index (χ3n) is 1.99. The Labute approximate surface area is 88.0 Å². The van der Waals surface area contributed by atoms with Crippen molar-refractivity contribution in [3.63, 3.8) is 0 Å². The number of aromatic nitrogens is 2. The van der Waals surface area contributed by atoms with Crippen molar-refractivity contribution in [2.45, 2.75) is 12.8 Å². The molecule has 2 heterocycles. The minimum atomic E-state index is 0. The lowest BCUT2D eigenvalue weighted by molar-refractivity contribution is 1.09. The average Bonchev–Trinajstić information content (AvgIpc) is 2.44. The van der Waals surface area contributed by atoms with Gasteiger partial charge in [0.2, 0.25) is 0 Å². The van der Waals surface area contributed by atoms with Crippen LogP contribution in [0.25, 0.3) is 5.65 Å². The third-order valence-corrected chi connectivity index (χ3v) is 2.25. The van der Waals surface area contributed by atoms with Gasteiger partial charge in [0.15, 0.2) is 0 Å². The summed E-state index contributed by atoms with van der Waals surface area (Å²) < 4.78 is 2.04. The summed E-state index contributed by atoms with van der Waals surface area (Å²) >= 11 is 5.73. The molecule has 2 aromatic heterocycles. The van der Waals surface area contributed by atoms with Crippen molar-refractivity contribution in [3.05, 3.63) is 35.8 Å². The van der Waals surface area contributed by atoms with E-state index in [9.17, 15) is 0 Å². The zero-order valence-corrected chi connectivity index (χ0v) is 8.77. The predicted molar refractivity (Wildman–Crippen MR) is 56.7 cm³/mol. The van der Waals surface area contributed by atoms with Crippen LogP contribution in [0.3, 0.4) is 0 Å². The molecule has 0 fully saturated rings. The molecule has 0 saturated carbocycles. The molecule has 0 bridgehead atoms. The molecule has 0 N–H and O–H groups in total. The van der Waals surface area contributed by atoms with Gasteiger partial charge in [-0.1, -0.05) is 6.07 Å². The largest absolute Gasteiger partial charge is 0.304 e. The van der Waals surface area contributed by atoms with Crippen LogP contribution in [0.15, 0.2) is 24.4 Å². The first-order valence-corrected chi connectivity index (χ1v) is 4.35. The molecule has 2 nitrogen and oxygen atoms in total. The molecule has 2 rings (SSSR count). The second kappa shape index (κ2) is 3.99. The topological polar surface area (TPSA) is 17.3 Å². The molecule has 0 unspecified atom stereocenters. The smallest absolute Gasteiger partial charge is 0.137 e. The summed E-state index contributed by atoms with van der Waals surface area (Å²) in [6.07, 6.45) is 1.99. The Morgan fingerprint density at radius 3 is 2.85 bits per heavy atom. The first kappa shape index (κ1) is 10.4. The second-order valence-electron chi connectivity index (χ2n) is 2.71. The maximum Gasteiger partial charge on any atom is 0.137 e. The van der Waals surface area contributed by atoms with Crippen molar-refractivity contribution in [1.82, 2.24) is 9.38 Å². The summed E-state index contributed by atoms with van der Waals surface area (Å²) in [7, 11) is 0. The maximum atomic E-state index is 5.73. The minimum Gasteiger partial charge on any atom is -0.304 e. The van der Waals surface area contributed by atoms with Crippen LogP contribution in [0.5, 0.6) is 0 Å². The van der Waals surface area contributed by atoms with Gasteiger partial charge in [-0.15, -0.1) is 24.0 Å². The van der Waals surface area contributed by atoms with Crippen molar-refractivity contribution in [2.24, 2.45) is 0 Å². The molecule has 0 spiro atoms. The van der Waals surface area contributed by atoms with Gasteiger partial charge >= 0.3 is 0 Å². The molecule has 2 aromatic rings. The lowest BCUT2D eigenvalue weighted by atomic mass is 10.4. The van der Waals surface area contributed by atoms with E-state index in [4.69, 9.17) is 11.6 Å². The number of halogens is 2. The predicted octanol–water partition coefficient (Wildman–Crippen LogP) is 2.80. The highest BCUT2D eigenvalue weighted by Crippen LogP contribution is 2.12. The van der Waals surface area contributed by atoms with Crippen LogP contribution in [0, 0.1) is 6.92 Å². The van der Waals surface area contributed by atoms with Gasteiger partial charge in [-0.2, -0.15) is 0 Å². The highest BCUT2D eigenvalue weighted by molar-refractivity contribution is 6.17. The Kier molecular flexibility index (Phi) is 3.17. The molecule has 0 aliphatic carbocycles. The normalized spacial score (nSPS) is 10.0. The fraction of sp³-hybridized carbons (Fsp3) is 0.222. The molecule has 13 heavy (non-hydrogen) atoms. The van der Waals surface area contributed by atoms with E-state index in [1.807, 2.05) is 35.7 Å². The van der Waals surface area contributed by atoms with E-state index < -0.39 is 0 Å². The minimum absolute atomic E-state index is 0. The molecule has 4 heteroatoms. The van der Waals surface area contributed by atoms with Gasteiger partial charge in [0.1, 0.15) is 5.65 Å². The number of alkyl halides is 1. The number of aryl methyl sites for hydroxylation is 1. The molecule has 0 amide bonds. The van der Waals surface area contributed by atoms with Gasteiger partial charge < -0.3 is 4.40 Å². The van der Waals surface area contributed by atoms with Crippen LogP contribution in [0.1, 0.15) is 11.4 Å². The van der Waals surface area contributed by atoms with Crippen LogP contribution in [-0.2, 0) is 5.88 Å². The van der Waals surface area contributed by atoms with Gasteiger partial charge in [-0.25, -0.2) is 4.98 Å². The Balaban J connectivity index is 0.000000845. The summed E-state index contributed by atoms with van der Waals surface area (Å²) in [5.74, 6) is 0.480. The van der Waals surface area contributed by atoms with Crippen molar-refractivity contribution in [2.75, 3.05) is 0 Å². The Morgan fingerprint density at radius 1 is 1.46 bits per heavy atom. The Bertz CT molecular complexity index is 409. The van der Waals surface area contributed by atoms with Gasteiger partial charge in [0, 0.05) is 11.9 Å². The van der Waals surface area contributed by atoms with Crippen molar-refractivity contribution >= 4 is 29.7 Å². The quantitative estimate of drug-likeness (QED) is 0.671. The second-order valence-corrected chi connectivity index (χ2v) is 2.97. The highest BCUT2D eigenvalue weighted by atomic mass is 35.5. The van der Waals surface area contributed by atoms with Gasteiger partial charge in [0.25, 0.3) is 0 Å². The SMILES string of the molecule is Cc1c(CCl)nc2ccccn12.Cl. The van der Waals surface area contributed by atoms with Gasteiger partial charge in [-0.05, 0) is 19.1 Å². The van der Waals surface area contributed by atoms with E-state index in [0.717, 1.165) is 17.0 Å². The van der Waals surface area contributed by atoms with E-state index in [0.29, 0.717) is 5.88 Å². The lowest BCUT2D eigenvalue weighted by Gasteiger charge is -1.93. The van der Waals surface area contributed by atoms with E-state index >= 15 is 0 Å². The fourth-order valence-electron chi connectivity index (χ4n) is 1.29. The number of imidazole rings is 1. The molecule has 0 saturated heterocycles. The first-order chi connectivity index (χ1) is 5.83. The molecular formula is C9H10Cl2N2. The number of pyridine rings is 1. The van der Waals surface area contributed by atoms with Crippen molar-refractivity contribution in [3.8, 4) is 0 Å². The highest BCUT2D eigenvalue weighted by Gasteiger charge is 2.04. The number of fused-ring (bicyclic) bond motifs is 1. The summed E-state index contributed by atoms with van der Waals surface area (Å²) in [5.41, 5.74) is 3.05. The monoisotopic (exact) mass is 216 g/mol. The fourth-order valence-corrected chi connectivity index (χ4v) is 1.55. The third kappa shape index (κ3) is 1.64. The van der Waals surface area contributed by atoms with E-state index in [2.05, 4.69) is 4.98 Å². The van der Waals surface area contributed by atoms with Crippen LogP contribution >= 0.6 is 24.0 Å². The summed E-state index contributed by atoms with van der Waals surface area (Å²) in [5, 5.41) is 0. The number of nitrogens with zero attached hydrogens (tertiary/aromatic N) is 2. The standard InChI is InChI=1S/C9H9ClN2.ClH/c1-7-8(6-10)11-9-4-2-3-5-12(7)9;/h2-5H,6H2,1H3;1H. The van der Waals surface area contributed by atoms with Crippen molar-refractivity contribution in [1.29, 1.82) is 0 Å². The van der Waals surface area contributed by atoms with Crippen LogP contribution in [-0.4, -0.2) is 9.38 Å². The maximum absolute atomic E-state index is 5.73. The molecular weight excluding hydrogens is 207 g/mol. The molecule has 70 valence electrons. The van der Waals surface area contributed by atoms with Crippen LogP contribution < -0.4 is 0 Å². The van der Waals surface area contributed by atoms with E-state index in [-0.39, 0.29) is 12.4 Å². The zero-order chi connectivity index (χ0) is 8.55. The summed E-state index contributed by atoms with van der Waals surface area (Å²) in [6, 6.07) is 5.93. The molecule has 0 aliphatic heterocycles. The first-order valence-electron chi connectivity index (χ1n) is 3.81. The number of hydrogen-bond acceptors (Lipinski definition) is 1. The lowest BCUT2D eigenvalue weighted by Crippen LogP contribution is -1.86. The number of hydrogen-bond donors (Lipinski definition) is 0. The van der Waals surface area contributed by atoms with Crippen molar-refractivity contribution < 1.29 is 0 Å². The molecule has 0 aliphatic rings.